The van der Waals surface area contributed by atoms with Crippen molar-refractivity contribution in [1.82, 2.24) is 4.31 Å². The Balaban J connectivity index is 2.11. The van der Waals surface area contributed by atoms with Crippen molar-refractivity contribution in [2.24, 2.45) is 5.92 Å². The molecule has 2 rings (SSSR count). The lowest BCUT2D eigenvalue weighted by molar-refractivity contribution is -0.384. The van der Waals surface area contributed by atoms with Gasteiger partial charge in [0.25, 0.3) is 5.69 Å². The van der Waals surface area contributed by atoms with Crippen molar-refractivity contribution < 1.29 is 18.1 Å². The molecule has 1 N–H and O–H groups in total. The van der Waals surface area contributed by atoms with Crippen LogP contribution < -0.4 is 5.32 Å². The van der Waals surface area contributed by atoms with E-state index in [9.17, 15) is 23.3 Å². The van der Waals surface area contributed by atoms with Crippen LogP contribution in [-0.2, 0) is 14.8 Å². The Hall–Kier alpha value is -2.00. The van der Waals surface area contributed by atoms with Crippen LogP contribution in [0, 0.1) is 23.0 Å². The number of benzene rings is 1. The van der Waals surface area contributed by atoms with Gasteiger partial charge < -0.3 is 5.32 Å². The third-order valence-corrected chi connectivity index (χ3v) is 6.34. The number of sulfonamides is 1. The Bertz CT molecular complexity index is 763. The monoisotopic (exact) mass is 369 g/mol. The molecular weight excluding hydrogens is 346 g/mol. The zero-order chi connectivity index (χ0) is 18.6. The molecule has 9 heteroatoms. The van der Waals surface area contributed by atoms with Gasteiger partial charge in [0.1, 0.15) is 0 Å². The van der Waals surface area contributed by atoms with E-state index < -0.39 is 20.9 Å². The van der Waals surface area contributed by atoms with Crippen molar-refractivity contribution in [3.05, 3.63) is 33.9 Å². The number of anilines is 1. The third-order valence-electron chi connectivity index (χ3n) is 4.30. The number of nitro benzene ring substituents is 1. The molecule has 1 aliphatic rings. The largest absolute Gasteiger partial charge is 0.325 e. The number of aryl methyl sites for hydroxylation is 1. The predicted octanol–water partition coefficient (Wildman–Crippen LogP) is 2.29. The molecule has 1 aromatic carbocycles. The Labute approximate surface area is 147 Å². The first-order valence-corrected chi connectivity index (χ1v) is 9.89. The summed E-state index contributed by atoms with van der Waals surface area (Å²) in [5, 5.41) is 13.6. The van der Waals surface area contributed by atoms with Crippen molar-refractivity contribution in [2.75, 3.05) is 24.2 Å². The van der Waals surface area contributed by atoms with Crippen LogP contribution in [0.15, 0.2) is 18.2 Å². The second-order valence-electron chi connectivity index (χ2n) is 6.26. The molecule has 25 heavy (non-hydrogen) atoms. The maximum Gasteiger partial charge on any atom is 0.271 e. The molecule has 1 atom stereocenters. The van der Waals surface area contributed by atoms with Crippen LogP contribution in [0.1, 0.15) is 31.7 Å². The average Bonchev–Trinajstić information content (AvgIpc) is 2.56. The molecular formula is C16H23N3O5S. The molecule has 138 valence electrons. The zero-order valence-electron chi connectivity index (χ0n) is 14.4. The molecule has 1 saturated heterocycles. The van der Waals surface area contributed by atoms with E-state index in [0.29, 0.717) is 37.1 Å². The molecule has 0 saturated carbocycles. The summed E-state index contributed by atoms with van der Waals surface area (Å²) >= 11 is 0. The van der Waals surface area contributed by atoms with Crippen LogP contribution in [0.25, 0.3) is 0 Å². The maximum atomic E-state index is 12.5. The van der Waals surface area contributed by atoms with Gasteiger partial charge in [0.2, 0.25) is 15.9 Å². The van der Waals surface area contributed by atoms with E-state index in [0.717, 1.165) is 0 Å². The van der Waals surface area contributed by atoms with E-state index in [1.54, 1.807) is 19.9 Å². The molecule has 1 heterocycles. The Morgan fingerprint density at radius 1 is 1.44 bits per heavy atom. The predicted molar refractivity (Wildman–Crippen MR) is 94.8 cm³/mol. The van der Waals surface area contributed by atoms with Crippen LogP contribution in [0.2, 0.25) is 0 Å². The van der Waals surface area contributed by atoms with Gasteiger partial charge in [0.15, 0.2) is 0 Å². The van der Waals surface area contributed by atoms with Gasteiger partial charge in [0, 0.05) is 25.2 Å². The Kier molecular flexibility index (Phi) is 6.12. The number of hydrogen-bond donors (Lipinski definition) is 1. The molecule has 0 aliphatic carbocycles. The van der Waals surface area contributed by atoms with Gasteiger partial charge in [-0.2, -0.15) is 0 Å². The second-order valence-corrected chi connectivity index (χ2v) is 8.35. The second kappa shape index (κ2) is 7.92. The highest BCUT2D eigenvalue weighted by Gasteiger charge is 2.32. The summed E-state index contributed by atoms with van der Waals surface area (Å²) in [5.74, 6) is -0.690. The van der Waals surface area contributed by atoms with Gasteiger partial charge in [-0.1, -0.05) is 13.0 Å². The van der Waals surface area contributed by atoms with Crippen molar-refractivity contribution in [1.29, 1.82) is 0 Å². The molecule has 1 aliphatic heterocycles. The number of nitrogens with one attached hydrogen (secondary N) is 1. The number of carbonyl (C=O) groups excluding carboxylic acids is 1. The summed E-state index contributed by atoms with van der Waals surface area (Å²) < 4.78 is 25.8. The van der Waals surface area contributed by atoms with Crippen LogP contribution in [-0.4, -0.2) is 42.4 Å². The normalized spacial score (nSPS) is 18.7. The summed E-state index contributed by atoms with van der Waals surface area (Å²) in [4.78, 5) is 22.9. The lowest BCUT2D eigenvalue weighted by Crippen LogP contribution is -2.44. The lowest BCUT2D eigenvalue weighted by Gasteiger charge is -2.31. The van der Waals surface area contributed by atoms with Gasteiger partial charge in [-0.05, 0) is 31.7 Å². The fourth-order valence-corrected chi connectivity index (χ4v) is 4.48. The van der Waals surface area contributed by atoms with Crippen molar-refractivity contribution in [3.8, 4) is 0 Å². The number of piperidine rings is 1. The van der Waals surface area contributed by atoms with E-state index in [4.69, 9.17) is 0 Å². The molecule has 0 radical (unpaired) electrons. The van der Waals surface area contributed by atoms with Crippen LogP contribution >= 0.6 is 0 Å². The van der Waals surface area contributed by atoms with E-state index in [1.807, 2.05) is 0 Å². The molecule has 0 aromatic heterocycles. The van der Waals surface area contributed by atoms with Crippen LogP contribution in [0.4, 0.5) is 11.4 Å². The van der Waals surface area contributed by atoms with Gasteiger partial charge in [-0.25, -0.2) is 12.7 Å². The van der Waals surface area contributed by atoms with Crippen molar-refractivity contribution >= 4 is 27.3 Å². The Morgan fingerprint density at radius 2 is 2.16 bits per heavy atom. The molecule has 0 unspecified atom stereocenters. The van der Waals surface area contributed by atoms with E-state index in [-0.39, 0.29) is 23.9 Å². The highest BCUT2D eigenvalue weighted by Crippen LogP contribution is 2.25. The summed E-state index contributed by atoms with van der Waals surface area (Å²) in [5.41, 5.74) is 0.995. The molecule has 0 spiro atoms. The minimum absolute atomic E-state index is 0.0747. The fourth-order valence-electron chi connectivity index (χ4n) is 2.89. The summed E-state index contributed by atoms with van der Waals surface area (Å²) in [6.45, 7) is 4.14. The van der Waals surface area contributed by atoms with Crippen LogP contribution in [0.3, 0.4) is 0 Å². The minimum Gasteiger partial charge on any atom is -0.325 e. The molecule has 1 fully saturated rings. The summed E-state index contributed by atoms with van der Waals surface area (Å²) in [6, 6.07) is 4.28. The molecule has 8 nitrogen and oxygen atoms in total. The molecule has 1 amide bonds. The summed E-state index contributed by atoms with van der Waals surface area (Å²) in [6.07, 6.45) is 1.75. The summed E-state index contributed by atoms with van der Waals surface area (Å²) in [7, 11) is -3.33. The highest BCUT2D eigenvalue weighted by molar-refractivity contribution is 7.89. The quantitative estimate of drug-likeness (QED) is 0.611. The van der Waals surface area contributed by atoms with Crippen molar-refractivity contribution in [2.45, 2.75) is 33.1 Å². The lowest BCUT2D eigenvalue weighted by atomic mass is 9.98. The van der Waals surface area contributed by atoms with Gasteiger partial charge in [0.05, 0.1) is 22.3 Å². The van der Waals surface area contributed by atoms with E-state index in [1.165, 1.54) is 16.4 Å². The van der Waals surface area contributed by atoms with E-state index in [2.05, 4.69) is 5.32 Å². The number of rotatable bonds is 6. The number of amides is 1. The average molecular weight is 369 g/mol. The number of nitrogens with zero attached hydrogens (tertiary/aromatic N) is 2. The van der Waals surface area contributed by atoms with Crippen LogP contribution in [0.5, 0.6) is 0 Å². The van der Waals surface area contributed by atoms with Gasteiger partial charge in [-0.15, -0.1) is 0 Å². The minimum atomic E-state index is -3.33. The number of non-ortho nitro benzene ring substituents is 1. The first kappa shape index (κ1) is 19.3. The molecule has 0 bridgehead atoms. The third kappa shape index (κ3) is 4.76. The maximum absolute atomic E-state index is 12.5. The number of hydrogen-bond acceptors (Lipinski definition) is 5. The van der Waals surface area contributed by atoms with Gasteiger partial charge >= 0.3 is 0 Å². The van der Waals surface area contributed by atoms with Gasteiger partial charge in [-0.3, -0.25) is 14.9 Å². The first-order valence-electron chi connectivity index (χ1n) is 8.28. The smallest absolute Gasteiger partial charge is 0.271 e. The topological polar surface area (TPSA) is 110 Å². The highest BCUT2D eigenvalue weighted by atomic mass is 32.2. The van der Waals surface area contributed by atoms with E-state index >= 15 is 0 Å². The first-order chi connectivity index (χ1) is 11.7. The zero-order valence-corrected chi connectivity index (χ0v) is 15.2. The Morgan fingerprint density at radius 3 is 2.80 bits per heavy atom. The SMILES string of the molecule is CCCS(=O)(=O)N1CCC[C@H](C(=O)Nc2cc([N+](=O)[O-])ccc2C)C1. The fraction of sp³-hybridized carbons (Fsp3) is 0.562. The van der Waals surface area contributed by atoms with Crippen molar-refractivity contribution in [3.63, 3.8) is 0 Å². The number of nitro groups is 1. The standard InChI is InChI=1S/C16H23N3O5S/c1-3-9-25(23,24)18-8-4-5-13(11-18)16(20)17-15-10-14(19(21)22)7-6-12(15)2/h6-7,10,13H,3-5,8-9,11H2,1-2H3,(H,17,20)/t13-/m0/s1. The number of carbonyl (C=O) groups is 1. The molecule has 1 aromatic rings.